The summed E-state index contributed by atoms with van der Waals surface area (Å²) in [6.07, 6.45) is 19.6. The van der Waals surface area contributed by atoms with Gasteiger partial charge in [-0.3, -0.25) is 4.79 Å². The van der Waals surface area contributed by atoms with Crippen LogP contribution in [0.5, 0.6) is 0 Å². The number of hydrogen-bond acceptors (Lipinski definition) is 13. The average molecular weight is 808 g/mol. The largest absolute Gasteiger partial charge is 0.394 e. The van der Waals surface area contributed by atoms with E-state index in [1.807, 2.05) is 12.2 Å². The van der Waals surface area contributed by atoms with E-state index >= 15 is 0 Å². The first-order chi connectivity index (χ1) is 27.6. The van der Waals surface area contributed by atoms with Crippen LogP contribution >= 0.6 is 0 Å². The number of aliphatic hydroxyl groups excluding tert-OH is 8. The normalized spacial score (nSPS) is 30.0. The molecule has 0 aromatic rings. The van der Waals surface area contributed by atoms with Crippen molar-refractivity contribution in [3.05, 3.63) is 85.1 Å². The third kappa shape index (κ3) is 19.2. The number of rotatable bonds is 27. The van der Waals surface area contributed by atoms with Crippen LogP contribution in [0, 0.1) is 0 Å². The second-order valence-corrected chi connectivity index (χ2v) is 14.0. The summed E-state index contributed by atoms with van der Waals surface area (Å²) in [7, 11) is 0. The minimum absolute atomic E-state index is 0.143. The molecule has 14 nitrogen and oxygen atoms in total. The molecule has 0 aliphatic carbocycles. The summed E-state index contributed by atoms with van der Waals surface area (Å²) in [5.41, 5.74) is 0. The summed E-state index contributed by atoms with van der Waals surface area (Å²) >= 11 is 0. The maximum Gasteiger partial charge on any atom is 0.220 e. The SMILES string of the molecule is CC/C=C\C/C=C\C/C=C\C/C=C\CCC(=O)NC(COC1OC(CO)C(OC2OC(CO)C(O)C(O)C2O)C(O)C1O)C(O)/C=C/CC/C=C/CC/C=C/CC. The van der Waals surface area contributed by atoms with Gasteiger partial charge in [-0.05, 0) is 64.2 Å². The Morgan fingerprint density at radius 1 is 0.614 bits per heavy atom. The molecule has 57 heavy (non-hydrogen) atoms. The van der Waals surface area contributed by atoms with Gasteiger partial charge in [-0.25, -0.2) is 0 Å². The molecule has 2 rings (SSSR count). The molecule has 0 aromatic carbocycles. The molecule has 0 spiro atoms. The van der Waals surface area contributed by atoms with Crippen molar-refractivity contribution in [1.82, 2.24) is 5.32 Å². The fourth-order valence-electron chi connectivity index (χ4n) is 5.98. The van der Waals surface area contributed by atoms with Crippen molar-refractivity contribution in [3.8, 4) is 0 Å². The van der Waals surface area contributed by atoms with Crippen LogP contribution in [-0.4, -0.2) is 140 Å². The maximum atomic E-state index is 13.0. The van der Waals surface area contributed by atoms with E-state index in [1.165, 1.54) is 0 Å². The van der Waals surface area contributed by atoms with Gasteiger partial charge in [0.25, 0.3) is 0 Å². The van der Waals surface area contributed by atoms with E-state index in [1.54, 1.807) is 12.2 Å². The average Bonchev–Trinajstić information content (AvgIpc) is 3.21. The van der Waals surface area contributed by atoms with Gasteiger partial charge in [0.05, 0.1) is 32.0 Å². The van der Waals surface area contributed by atoms with Crippen LogP contribution in [0.15, 0.2) is 85.1 Å². The molecule has 0 bridgehead atoms. The topological polar surface area (TPSA) is 228 Å². The van der Waals surface area contributed by atoms with Gasteiger partial charge in [0.15, 0.2) is 12.6 Å². The molecule has 14 heteroatoms. The van der Waals surface area contributed by atoms with Gasteiger partial charge >= 0.3 is 0 Å². The van der Waals surface area contributed by atoms with Crippen molar-refractivity contribution in [2.45, 2.75) is 158 Å². The van der Waals surface area contributed by atoms with Gasteiger partial charge in [-0.2, -0.15) is 0 Å². The third-order valence-electron chi connectivity index (χ3n) is 9.32. The molecular formula is C43H69NO13. The van der Waals surface area contributed by atoms with Crippen molar-refractivity contribution in [2.24, 2.45) is 0 Å². The van der Waals surface area contributed by atoms with Crippen molar-refractivity contribution in [2.75, 3.05) is 19.8 Å². The highest BCUT2D eigenvalue weighted by Crippen LogP contribution is 2.29. The van der Waals surface area contributed by atoms with Crippen molar-refractivity contribution in [1.29, 1.82) is 0 Å². The summed E-state index contributed by atoms with van der Waals surface area (Å²) in [6.45, 7) is 2.40. The zero-order valence-electron chi connectivity index (χ0n) is 33.5. The lowest BCUT2D eigenvalue weighted by molar-refractivity contribution is -0.359. The van der Waals surface area contributed by atoms with Crippen LogP contribution in [0.3, 0.4) is 0 Å². The second kappa shape index (κ2) is 30.2. The number of allylic oxidation sites excluding steroid dienone is 13. The first-order valence-electron chi connectivity index (χ1n) is 20.3. The molecule has 2 aliphatic heterocycles. The van der Waals surface area contributed by atoms with Crippen LogP contribution < -0.4 is 5.32 Å². The second-order valence-electron chi connectivity index (χ2n) is 14.0. The van der Waals surface area contributed by atoms with Crippen LogP contribution in [0.25, 0.3) is 0 Å². The predicted molar refractivity (Wildman–Crippen MR) is 216 cm³/mol. The number of nitrogens with one attached hydrogen (secondary N) is 1. The summed E-state index contributed by atoms with van der Waals surface area (Å²) < 4.78 is 22.5. The Balaban J connectivity index is 2.00. The summed E-state index contributed by atoms with van der Waals surface area (Å²) in [6, 6.07) is -0.976. The number of carbonyl (C=O) groups excluding carboxylic acids is 1. The maximum absolute atomic E-state index is 13.0. The molecule has 12 atom stereocenters. The molecule has 324 valence electrons. The van der Waals surface area contributed by atoms with Gasteiger partial charge in [-0.1, -0.05) is 98.9 Å². The number of amides is 1. The highest BCUT2D eigenvalue weighted by Gasteiger charge is 2.50. The van der Waals surface area contributed by atoms with Crippen LogP contribution in [0.4, 0.5) is 0 Å². The molecule has 1 amide bonds. The molecule has 2 heterocycles. The number of ether oxygens (including phenoxy) is 4. The molecule has 2 aliphatic rings. The third-order valence-corrected chi connectivity index (χ3v) is 9.32. The lowest BCUT2D eigenvalue weighted by Gasteiger charge is -2.46. The molecule has 2 fully saturated rings. The van der Waals surface area contributed by atoms with E-state index in [0.717, 1.165) is 51.4 Å². The van der Waals surface area contributed by atoms with Gasteiger partial charge in [0.1, 0.15) is 48.8 Å². The molecular weight excluding hydrogens is 738 g/mol. The van der Waals surface area contributed by atoms with E-state index in [4.69, 9.17) is 18.9 Å². The van der Waals surface area contributed by atoms with E-state index in [2.05, 4.69) is 79.9 Å². The standard InChI is InChI=1S/C43H69NO13/c1-3-5-7-9-11-13-15-16-17-19-21-23-25-27-35(48)44-31(32(47)26-24-22-20-18-14-12-10-8-6-4-2)30-54-42-40(53)38(51)41(34(29-46)56-42)57-43-39(52)37(50)36(49)33(28-45)55-43/h5-8,11,13-14,16-18,21,23-24,26,31-34,36-43,45-47,49-53H,3-4,9-10,12,15,19-20,22,25,27-30H2,1-2H3,(H,44,48)/b7-5-,8-6+,13-11-,17-16-,18-14+,23-21-,26-24+. The molecule has 9 N–H and O–H groups in total. The molecule has 0 radical (unpaired) electrons. The Morgan fingerprint density at radius 3 is 1.70 bits per heavy atom. The smallest absolute Gasteiger partial charge is 0.220 e. The Labute approximate surface area is 338 Å². The molecule has 12 unspecified atom stereocenters. The molecule has 0 aromatic heterocycles. The van der Waals surface area contributed by atoms with Crippen LogP contribution in [0.1, 0.15) is 84.5 Å². The zero-order chi connectivity index (χ0) is 41.8. The fourth-order valence-corrected chi connectivity index (χ4v) is 5.98. The van der Waals surface area contributed by atoms with E-state index < -0.39 is 86.8 Å². The number of hydrogen-bond donors (Lipinski definition) is 9. The first-order valence-corrected chi connectivity index (χ1v) is 20.3. The summed E-state index contributed by atoms with van der Waals surface area (Å²) in [5, 5.41) is 86.0. The minimum Gasteiger partial charge on any atom is -0.394 e. The Bertz CT molecular complexity index is 1280. The minimum atomic E-state index is -1.80. The van der Waals surface area contributed by atoms with Crippen LogP contribution in [0.2, 0.25) is 0 Å². The Hall–Kier alpha value is -2.83. The summed E-state index contributed by atoms with van der Waals surface area (Å²) in [5.74, 6) is -0.343. The quantitative estimate of drug-likeness (QED) is 0.0431. The van der Waals surface area contributed by atoms with Gasteiger partial charge in [0, 0.05) is 6.42 Å². The van der Waals surface area contributed by atoms with E-state index in [-0.39, 0.29) is 18.9 Å². The van der Waals surface area contributed by atoms with E-state index in [0.29, 0.717) is 12.8 Å². The van der Waals surface area contributed by atoms with Gasteiger partial charge in [0.2, 0.25) is 5.91 Å². The lowest BCUT2D eigenvalue weighted by Crippen LogP contribution is -2.65. The highest BCUT2D eigenvalue weighted by molar-refractivity contribution is 5.76. The zero-order valence-corrected chi connectivity index (χ0v) is 33.5. The number of aliphatic hydroxyl groups is 8. The van der Waals surface area contributed by atoms with Gasteiger partial charge < -0.3 is 65.1 Å². The van der Waals surface area contributed by atoms with Crippen LogP contribution in [-0.2, 0) is 23.7 Å². The monoisotopic (exact) mass is 807 g/mol. The summed E-state index contributed by atoms with van der Waals surface area (Å²) in [4.78, 5) is 13.0. The lowest BCUT2D eigenvalue weighted by atomic mass is 9.97. The predicted octanol–water partition coefficient (Wildman–Crippen LogP) is 2.70. The van der Waals surface area contributed by atoms with Crippen molar-refractivity contribution >= 4 is 5.91 Å². The van der Waals surface area contributed by atoms with Gasteiger partial charge in [-0.15, -0.1) is 0 Å². The van der Waals surface area contributed by atoms with E-state index in [9.17, 15) is 45.6 Å². The highest BCUT2D eigenvalue weighted by atomic mass is 16.7. The van der Waals surface area contributed by atoms with Crippen molar-refractivity contribution < 1.29 is 64.6 Å². The number of carbonyl (C=O) groups is 1. The Kier molecular flexibility index (Phi) is 26.7. The first kappa shape index (κ1) is 50.3. The Morgan fingerprint density at radius 2 is 1.11 bits per heavy atom. The fraction of sp³-hybridized carbons (Fsp3) is 0.651. The number of unbranched alkanes of at least 4 members (excludes halogenated alkanes) is 2. The van der Waals surface area contributed by atoms with Crippen molar-refractivity contribution in [3.63, 3.8) is 0 Å². The molecule has 0 saturated carbocycles. The molecule has 2 saturated heterocycles.